The van der Waals surface area contributed by atoms with Crippen LogP contribution in [0.1, 0.15) is 51.9 Å². The van der Waals surface area contributed by atoms with Gasteiger partial charge in [-0.3, -0.25) is 10.1 Å². The number of rotatable bonds is 11. The molecule has 9 nitrogen and oxygen atoms in total. The van der Waals surface area contributed by atoms with E-state index in [1.807, 2.05) is 18.7 Å². The molecule has 0 bridgehead atoms. The highest BCUT2D eigenvalue weighted by atomic mass is 16.6. The second kappa shape index (κ2) is 11.4. The summed E-state index contributed by atoms with van der Waals surface area (Å²) in [5, 5.41) is 15.0. The Morgan fingerprint density at radius 2 is 1.62 bits per heavy atom. The molecule has 0 amide bonds. The van der Waals surface area contributed by atoms with Crippen molar-refractivity contribution >= 4 is 29.0 Å². The van der Waals surface area contributed by atoms with Gasteiger partial charge in [-0.05, 0) is 42.0 Å². The number of aromatic nitrogens is 2. The summed E-state index contributed by atoms with van der Waals surface area (Å²) in [4.78, 5) is 33.9. The molecular formula is C23H33N5O4. The third-order valence-corrected chi connectivity index (χ3v) is 4.39. The highest BCUT2D eigenvalue weighted by Gasteiger charge is 2.28. The zero-order valence-corrected chi connectivity index (χ0v) is 19.7. The van der Waals surface area contributed by atoms with Crippen molar-refractivity contribution in [2.45, 2.75) is 41.5 Å². The number of carbonyl (C=O) groups excluding carboxylic acids is 1. The van der Waals surface area contributed by atoms with E-state index in [0.717, 1.165) is 0 Å². The highest BCUT2D eigenvalue weighted by molar-refractivity contribution is 5.90. The summed E-state index contributed by atoms with van der Waals surface area (Å²) >= 11 is 0. The van der Waals surface area contributed by atoms with E-state index in [4.69, 9.17) is 4.74 Å². The van der Waals surface area contributed by atoms with Crippen molar-refractivity contribution < 1.29 is 14.5 Å². The van der Waals surface area contributed by atoms with Crippen LogP contribution in [0.15, 0.2) is 30.6 Å². The molecule has 1 heterocycles. The zero-order valence-electron chi connectivity index (χ0n) is 19.7. The number of nitro groups is 1. The second-order valence-corrected chi connectivity index (χ2v) is 9.04. The van der Waals surface area contributed by atoms with Gasteiger partial charge >= 0.3 is 11.7 Å². The molecule has 0 fully saturated rings. The number of esters is 1. The smallest absolute Gasteiger partial charge is 0.353 e. The average molecular weight is 444 g/mol. The molecule has 0 aliphatic carbocycles. The van der Waals surface area contributed by atoms with Gasteiger partial charge in [0.05, 0.1) is 17.1 Å². The molecule has 0 saturated carbocycles. The van der Waals surface area contributed by atoms with Crippen molar-refractivity contribution in [2.75, 3.05) is 29.9 Å². The largest absolute Gasteiger partial charge is 0.462 e. The number of nitrogens with zero attached hydrogens (tertiary/aromatic N) is 4. The topological polar surface area (TPSA) is 110 Å². The maximum absolute atomic E-state index is 12.1. The molecule has 32 heavy (non-hydrogen) atoms. The van der Waals surface area contributed by atoms with Crippen LogP contribution >= 0.6 is 0 Å². The lowest BCUT2D eigenvalue weighted by atomic mass is 10.1. The monoisotopic (exact) mass is 443 g/mol. The molecule has 2 rings (SSSR count). The van der Waals surface area contributed by atoms with Gasteiger partial charge in [0.25, 0.3) is 0 Å². The molecule has 2 aromatic rings. The second-order valence-electron chi connectivity index (χ2n) is 9.04. The number of hydrogen-bond acceptors (Lipinski definition) is 8. The summed E-state index contributed by atoms with van der Waals surface area (Å²) < 4.78 is 5.23. The minimum atomic E-state index is -0.455. The quantitative estimate of drug-likeness (QED) is 0.291. The fraction of sp³-hybridized carbons (Fsp3) is 0.522. The van der Waals surface area contributed by atoms with Gasteiger partial charge in [-0.25, -0.2) is 14.8 Å². The first-order valence-corrected chi connectivity index (χ1v) is 10.9. The van der Waals surface area contributed by atoms with Crippen molar-refractivity contribution in [3.05, 3.63) is 46.3 Å². The van der Waals surface area contributed by atoms with Gasteiger partial charge in [0.15, 0.2) is 0 Å². The molecule has 0 unspecified atom stereocenters. The van der Waals surface area contributed by atoms with E-state index in [0.29, 0.717) is 48.6 Å². The molecular weight excluding hydrogens is 410 g/mol. The number of benzene rings is 1. The third kappa shape index (κ3) is 7.18. The maximum Gasteiger partial charge on any atom is 0.353 e. The number of carbonyl (C=O) groups is 1. The molecule has 0 radical (unpaired) electrons. The van der Waals surface area contributed by atoms with Crippen molar-refractivity contribution in [1.29, 1.82) is 0 Å². The average Bonchev–Trinajstić information content (AvgIpc) is 2.71. The van der Waals surface area contributed by atoms with E-state index < -0.39 is 10.9 Å². The fourth-order valence-corrected chi connectivity index (χ4v) is 3.14. The summed E-state index contributed by atoms with van der Waals surface area (Å²) in [5.41, 5.74) is 0.806. The predicted octanol–water partition coefficient (Wildman–Crippen LogP) is 5.06. The van der Waals surface area contributed by atoms with Gasteiger partial charge in [0.1, 0.15) is 6.33 Å². The summed E-state index contributed by atoms with van der Waals surface area (Å²) in [6.45, 7) is 13.8. The lowest BCUT2D eigenvalue weighted by Gasteiger charge is -2.27. The van der Waals surface area contributed by atoms with Gasteiger partial charge in [0.2, 0.25) is 11.6 Å². The first kappa shape index (κ1) is 25.0. The van der Waals surface area contributed by atoms with E-state index in [-0.39, 0.29) is 17.4 Å². The maximum atomic E-state index is 12.1. The standard InChI is InChI=1S/C23H33N5O4/c1-15(2)11-27(12-16(3)4)22-20(28(30)31)21(24-14-25-22)26-19-9-7-18(8-10-19)23(29)32-13-17(5)6/h7-10,14-17H,11-13H2,1-6H3,(H,24,25,26). The van der Waals surface area contributed by atoms with Crippen LogP contribution in [0.25, 0.3) is 0 Å². The van der Waals surface area contributed by atoms with Gasteiger partial charge in [-0.1, -0.05) is 41.5 Å². The first-order valence-electron chi connectivity index (χ1n) is 10.9. The van der Waals surface area contributed by atoms with Gasteiger partial charge in [-0.2, -0.15) is 0 Å². The molecule has 0 aliphatic heterocycles. The van der Waals surface area contributed by atoms with E-state index in [9.17, 15) is 14.9 Å². The first-order chi connectivity index (χ1) is 15.1. The van der Waals surface area contributed by atoms with E-state index in [2.05, 4.69) is 43.0 Å². The van der Waals surface area contributed by atoms with Gasteiger partial charge in [-0.15, -0.1) is 0 Å². The summed E-state index contributed by atoms with van der Waals surface area (Å²) in [6, 6.07) is 6.56. The molecule has 1 aromatic carbocycles. The van der Waals surface area contributed by atoms with Crippen LogP contribution in [-0.2, 0) is 4.74 Å². The Morgan fingerprint density at radius 3 is 2.12 bits per heavy atom. The Morgan fingerprint density at radius 1 is 1.03 bits per heavy atom. The Kier molecular flexibility index (Phi) is 8.92. The van der Waals surface area contributed by atoms with Crippen molar-refractivity contribution in [1.82, 2.24) is 9.97 Å². The lowest BCUT2D eigenvalue weighted by molar-refractivity contribution is -0.383. The minimum Gasteiger partial charge on any atom is -0.462 e. The normalized spacial score (nSPS) is 11.2. The van der Waals surface area contributed by atoms with Crippen LogP contribution in [0.3, 0.4) is 0 Å². The van der Waals surface area contributed by atoms with Crippen molar-refractivity contribution in [2.24, 2.45) is 17.8 Å². The van der Waals surface area contributed by atoms with Gasteiger partial charge < -0.3 is 15.0 Å². The SMILES string of the molecule is CC(C)COC(=O)c1ccc(Nc2ncnc(N(CC(C)C)CC(C)C)c2[N+](=O)[O-])cc1. The molecule has 0 spiro atoms. The number of anilines is 3. The molecule has 174 valence electrons. The predicted molar refractivity (Wildman–Crippen MR) is 125 cm³/mol. The number of hydrogen-bond donors (Lipinski definition) is 1. The van der Waals surface area contributed by atoms with E-state index in [1.165, 1.54) is 6.33 Å². The van der Waals surface area contributed by atoms with Crippen molar-refractivity contribution in [3.8, 4) is 0 Å². The fourth-order valence-electron chi connectivity index (χ4n) is 3.14. The minimum absolute atomic E-state index is 0.104. The molecule has 1 aromatic heterocycles. The van der Waals surface area contributed by atoms with Gasteiger partial charge in [0, 0.05) is 18.8 Å². The molecule has 0 saturated heterocycles. The Hall–Kier alpha value is -3.23. The zero-order chi connectivity index (χ0) is 23.8. The summed E-state index contributed by atoms with van der Waals surface area (Å²) in [5.74, 6) is 0.860. The Labute approximate surface area is 189 Å². The Bertz CT molecular complexity index is 903. The van der Waals surface area contributed by atoms with Crippen LogP contribution in [-0.4, -0.2) is 40.6 Å². The van der Waals surface area contributed by atoms with E-state index >= 15 is 0 Å². The highest BCUT2D eigenvalue weighted by Crippen LogP contribution is 2.34. The molecule has 9 heteroatoms. The molecule has 0 atom stereocenters. The van der Waals surface area contributed by atoms with E-state index in [1.54, 1.807) is 24.3 Å². The third-order valence-electron chi connectivity index (χ3n) is 4.39. The number of ether oxygens (including phenoxy) is 1. The van der Waals surface area contributed by atoms with Crippen LogP contribution in [0, 0.1) is 27.9 Å². The lowest BCUT2D eigenvalue weighted by Crippen LogP contribution is -2.32. The molecule has 0 aliphatic rings. The van der Waals surface area contributed by atoms with Crippen LogP contribution in [0.2, 0.25) is 0 Å². The van der Waals surface area contributed by atoms with Crippen LogP contribution in [0.5, 0.6) is 0 Å². The summed E-state index contributed by atoms with van der Waals surface area (Å²) in [6.07, 6.45) is 1.33. The summed E-state index contributed by atoms with van der Waals surface area (Å²) in [7, 11) is 0. The van der Waals surface area contributed by atoms with Crippen molar-refractivity contribution in [3.63, 3.8) is 0 Å². The van der Waals surface area contributed by atoms with Crippen LogP contribution in [0.4, 0.5) is 23.0 Å². The molecule has 1 N–H and O–H groups in total. The Balaban J connectivity index is 2.31. The van der Waals surface area contributed by atoms with Crippen LogP contribution < -0.4 is 10.2 Å². The number of nitrogens with one attached hydrogen (secondary N) is 1.